The second kappa shape index (κ2) is 17.4. The van der Waals surface area contributed by atoms with Gasteiger partial charge in [-0.2, -0.15) is 5.26 Å². The molecule has 49 heavy (non-hydrogen) atoms. The Bertz CT molecular complexity index is 1730. The number of hydrogen-bond donors (Lipinski definition) is 1. The van der Waals surface area contributed by atoms with E-state index < -0.39 is 53.4 Å². The standard InChI is InChI=1S/C26H33F2N5O5.C7H8O3S/c1-33(2,3)8-9-36-10-11-37-12-13-38-20-4-5-23-22(14-20)21(6-7-30-23)25(35)31-17-24(34)32-18-26(27,28)15-19(32)16-29;1-6-2-4-7(5-3-6)11(8,9)10/h4-7,14,19H,8-13,15,17-18H2,1-3H3;2-5H,1H3,(H,8,9,10)/t19-;/m0./s1. The number of nitriles is 1. The van der Waals surface area contributed by atoms with Gasteiger partial charge in [-0.15, -0.1) is 0 Å². The number of nitrogens with one attached hydrogen (secondary N) is 1. The lowest BCUT2D eigenvalue weighted by Gasteiger charge is -2.23. The molecular weight excluding hydrogens is 664 g/mol. The molecule has 0 bridgehead atoms. The highest BCUT2D eigenvalue weighted by molar-refractivity contribution is 7.85. The summed E-state index contributed by atoms with van der Waals surface area (Å²) in [6.45, 7) is 3.65. The summed E-state index contributed by atoms with van der Waals surface area (Å²) >= 11 is 0. The predicted octanol–water partition coefficient (Wildman–Crippen LogP) is 2.74. The molecule has 1 aromatic heterocycles. The van der Waals surface area contributed by atoms with Crippen molar-refractivity contribution in [1.82, 2.24) is 15.2 Å². The van der Waals surface area contributed by atoms with Crippen LogP contribution in [0.5, 0.6) is 5.75 Å². The van der Waals surface area contributed by atoms with E-state index in [9.17, 15) is 31.3 Å². The first-order valence-electron chi connectivity index (χ1n) is 15.3. The van der Waals surface area contributed by atoms with Crippen molar-refractivity contribution < 1.29 is 50.0 Å². The molecule has 4 rings (SSSR count). The summed E-state index contributed by atoms with van der Waals surface area (Å²) in [4.78, 5) is 30.1. The number of carbonyl (C=O) groups is 2. The van der Waals surface area contributed by atoms with Crippen LogP contribution in [0.25, 0.3) is 10.9 Å². The zero-order chi connectivity index (χ0) is 36.2. The number of carbonyl (C=O) groups excluding carboxylic acids is 2. The summed E-state index contributed by atoms with van der Waals surface area (Å²) in [5, 5.41) is 12.0. The number of likely N-dealkylation sites (N-methyl/N-ethyl adjacent to an activating group) is 1. The van der Waals surface area contributed by atoms with Crippen LogP contribution in [-0.4, -0.2) is 125 Å². The molecule has 1 fully saturated rings. The lowest BCUT2D eigenvalue weighted by atomic mass is 10.1. The van der Waals surface area contributed by atoms with Gasteiger partial charge in [0.2, 0.25) is 5.91 Å². The molecule has 1 saturated heterocycles. The molecule has 0 radical (unpaired) electrons. The maximum atomic E-state index is 13.6. The van der Waals surface area contributed by atoms with Gasteiger partial charge < -0.3 is 33.5 Å². The molecule has 0 unspecified atom stereocenters. The minimum absolute atomic E-state index is 0.178. The smallest absolute Gasteiger partial charge is 0.268 e. The summed E-state index contributed by atoms with van der Waals surface area (Å²) in [5.74, 6) is -3.93. The molecule has 2 heterocycles. The zero-order valence-corrected chi connectivity index (χ0v) is 28.7. The first-order valence-corrected chi connectivity index (χ1v) is 16.7. The minimum atomic E-state index is -4.27. The number of benzene rings is 2. The van der Waals surface area contributed by atoms with Crippen molar-refractivity contribution in [3.05, 3.63) is 65.9 Å². The molecule has 16 heteroatoms. The van der Waals surface area contributed by atoms with Crippen LogP contribution in [0.15, 0.2) is 59.6 Å². The van der Waals surface area contributed by atoms with Crippen LogP contribution < -0.4 is 10.1 Å². The number of ether oxygens (including phenoxy) is 3. The maximum Gasteiger partial charge on any atom is 0.268 e. The van der Waals surface area contributed by atoms with Gasteiger partial charge in [-0.25, -0.2) is 17.2 Å². The summed E-state index contributed by atoms with van der Waals surface area (Å²) in [6, 6.07) is 12.9. The van der Waals surface area contributed by atoms with E-state index in [0.717, 1.165) is 21.5 Å². The topological polar surface area (TPSA) is 171 Å². The van der Waals surface area contributed by atoms with E-state index in [2.05, 4.69) is 31.4 Å². The second-order valence-corrected chi connectivity index (χ2v) is 13.7. The average Bonchev–Trinajstić information content (AvgIpc) is 3.36. The summed E-state index contributed by atoms with van der Waals surface area (Å²) in [6.07, 6.45) is 0.749. The SMILES string of the molecule is C[N+](C)(C)CCOCCOCCOc1ccc2nccc(C(=O)NCC(=O)N3CC(F)(F)C[C@H]3C#N)c2c1.Cc1ccc(S(=O)(=O)[O-])cc1. The first-order chi connectivity index (χ1) is 23.0. The van der Waals surface area contributed by atoms with Gasteiger partial charge in [-0.3, -0.25) is 14.6 Å². The largest absolute Gasteiger partial charge is 0.744 e. The van der Waals surface area contributed by atoms with Gasteiger partial charge >= 0.3 is 0 Å². The molecular formula is C33H41F2N5O8S. The number of aromatic nitrogens is 1. The molecule has 0 aliphatic carbocycles. The average molecular weight is 706 g/mol. The third-order valence-electron chi connectivity index (χ3n) is 7.18. The number of hydrogen-bond acceptors (Lipinski definition) is 10. The molecule has 13 nitrogen and oxygen atoms in total. The lowest BCUT2D eigenvalue weighted by molar-refractivity contribution is -0.870. The Hall–Kier alpha value is -4.27. The molecule has 3 aromatic rings. The number of nitrogens with zero attached hydrogens (tertiary/aromatic N) is 4. The van der Waals surface area contributed by atoms with Gasteiger partial charge in [0.05, 0.1) is 82.7 Å². The van der Waals surface area contributed by atoms with Crippen molar-refractivity contribution in [2.24, 2.45) is 0 Å². The zero-order valence-electron chi connectivity index (χ0n) is 27.9. The Balaban J connectivity index is 0.000000501. The number of rotatable bonds is 14. The Morgan fingerprint density at radius 3 is 2.35 bits per heavy atom. The molecule has 1 N–H and O–H groups in total. The summed E-state index contributed by atoms with van der Waals surface area (Å²) < 4.78 is 76.1. The van der Waals surface area contributed by atoms with E-state index >= 15 is 0 Å². The quantitative estimate of drug-likeness (QED) is 0.149. The Labute approximate surface area is 284 Å². The third kappa shape index (κ3) is 12.9. The number of likely N-dealkylation sites (tertiary alicyclic amines) is 1. The van der Waals surface area contributed by atoms with Crippen LogP contribution >= 0.6 is 0 Å². The van der Waals surface area contributed by atoms with Gasteiger partial charge in [-0.05, 0) is 43.3 Å². The molecule has 1 atom stereocenters. The van der Waals surface area contributed by atoms with Crippen molar-refractivity contribution in [2.75, 3.05) is 73.8 Å². The van der Waals surface area contributed by atoms with Gasteiger partial charge in [0.15, 0.2) is 0 Å². The highest BCUT2D eigenvalue weighted by Crippen LogP contribution is 2.31. The van der Waals surface area contributed by atoms with E-state index in [1.165, 1.54) is 24.4 Å². The Morgan fingerprint density at radius 2 is 1.71 bits per heavy atom. The number of halogens is 2. The van der Waals surface area contributed by atoms with E-state index in [1.54, 1.807) is 36.4 Å². The monoisotopic (exact) mass is 705 g/mol. The van der Waals surface area contributed by atoms with E-state index in [-0.39, 0.29) is 10.5 Å². The predicted molar refractivity (Wildman–Crippen MR) is 174 cm³/mol. The number of fused-ring (bicyclic) bond motifs is 1. The Kier molecular flexibility index (Phi) is 13.9. The highest BCUT2D eigenvalue weighted by Gasteiger charge is 2.47. The fourth-order valence-corrected chi connectivity index (χ4v) is 5.01. The van der Waals surface area contributed by atoms with Gasteiger partial charge in [-0.1, -0.05) is 17.7 Å². The number of amides is 2. The van der Waals surface area contributed by atoms with Gasteiger partial charge in [0.25, 0.3) is 11.8 Å². The molecule has 1 aliphatic rings. The van der Waals surface area contributed by atoms with Crippen LogP contribution in [0.3, 0.4) is 0 Å². The van der Waals surface area contributed by atoms with Crippen molar-refractivity contribution in [3.8, 4) is 11.8 Å². The minimum Gasteiger partial charge on any atom is -0.744 e. The van der Waals surface area contributed by atoms with Crippen LogP contribution in [0.4, 0.5) is 8.78 Å². The molecule has 2 aromatic carbocycles. The summed E-state index contributed by atoms with van der Waals surface area (Å²) in [7, 11) is 2.03. The van der Waals surface area contributed by atoms with Gasteiger partial charge in [0, 0.05) is 18.0 Å². The molecule has 0 saturated carbocycles. The van der Waals surface area contributed by atoms with Crippen LogP contribution in [-0.2, 0) is 24.4 Å². The molecule has 2 amide bonds. The Morgan fingerprint density at radius 1 is 1.06 bits per heavy atom. The lowest BCUT2D eigenvalue weighted by Crippen LogP contribution is -2.43. The van der Waals surface area contributed by atoms with Gasteiger partial charge in [0.1, 0.15) is 35.1 Å². The van der Waals surface area contributed by atoms with E-state index in [4.69, 9.17) is 19.5 Å². The number of pyridine rings is 1. The van der Waals surface area contributed by atoms with E-state index in [1.807, 2.05) is 6.92 Å². The fourth-order valence-electron chi connectivity index (χ4n) is 4.54. The van der Waals surface area contributed by atoms with Crippen molar-refractivity contribution >= 4 is 32.8 Å². The van der Waals surface area contributed by atoms with E-state index in [0.29, 0.717) is 49.7 Å². The van der Waals surface area contributed by atoms with Crippen LogP contribution in [0, 0.1) is 18.3 Å². The first kappa shape index (κ1) is 39.2. The summed E-state index contributed by atoms with van der Waals surface area (Å²) in [5.41, 5.74) is 1.72. The number of aryl methyl sites for hydroxylation is 1. The van der Waals surface area contributed by atoms with Crippen LogP contribution in [0.2, 0.25) is 0 Å². The van der Waals surface area contributed by atoms with Crippen molar-refractivity contribution in [1.29, 1.82) is 5.26 Å². The van der Waals surface area contributed by atoms with Crippen molar-refractivity contribution in [3.63, 3.8) is 0 Å². The molecule has 1 aliphatic heterocycles. The maximum absolute atomic E-state index is 13.6. The fraction of sp³-hybridized carbons (Fsp3) is 0.455. The van der Waals surface area contributed by atoms with Crippen molar-refractivity contribution in [2.45, 2.75) is 30.2 Å². The molecule has 0 spiro atoms. The third-order valence-corrected chi connectivity index (χ3v) is 8.03. The molecule has 266 valence electrons. The number of alkyl halides is 2. The second-order valence-electron chi connectivity index (χ2n) is 12.3. The number of quaternary nitrogens is 1. The van der Waals surface area contributed by atoms with Crippen LogP contribution in [0.1, 0.15) is 22.3 Å². The highest BCUT2D eigenvalue weighted by atomic mass is 32.2. The normalized spacial score (nSPS) is 15.6.